The highest BCUT2D eigenvalue weighted by molar-refractivity contribution is 5.63. The van der Waals surface area contributed by atoms with Crippen LogP contribution in [0.1, 0.15) is 5.56 Å². The molecule has 0 N–H and O–H groups in total. The Hall–Kier alpha value is -1.99. The number of rotatable bonds is 1. The number of hydrogen-bond acceptors (Lipinski definition) is 3. The highest BCUT2D eigenvalue weighted by atomic mass is 19.4. The maximum Gasteiger partial charge on any atom is 0.416 e. The SMILES string of the molecule is O=C([O-])N1CCN(c2ccc(C(F)(F)F)cc2F)CC1. The van der Waals surface area contributed by atoms with Crippen LogP contribution in [-0.4, -0.2) is 37.2 Å². The standard InChI is InChI=1S/C12H12F4N2O2/c13-9-7-8(12(14,15)16)1-2-10(9)17-3-5-18(6-4-17)11(19)20/h1-2,7H,3-6H2,(H,19,20)/p-1. The number of anilines is 1. The number of amides is 1. The summed E-state index contributed by atoms with van der Waals surface area (Å²) in [5.41, 5.74) is -1.01. The third-order valence-electron chi connectivity index (χ3n) is 3.15. The fourth-order valence-electron chi connectivity index (χ4n) is 2.07. The second-order valence-corrected chi connectivity index (χ2v) is 4.40. The topological polar surface area (TPSA) is 46.6 Å². The van der Waals surface area contributed by atoms with Gasteiger partial charge in [0, 0.05) is 26.2 Å². The molecule has 1 amide bonds. The predicted molar refractivity (Wildman–Crippen MR) is 60.6 cm³/mol. The van der Waals surface area contributed by atoms with Crippen LogP contribution in [0.5, 0.6) is 0 Å². The summed E-state index contributed by atoms with van der Waals surface area (Å²) >= 11 is 0. The van der Waals surface area contributed by atoms with Crippen molar-refractivity contribution in [2.75, 3.05) is 31.1 Å². The van der Waals surface area contributed by atoms with Gasteiger partial charge in [-0.3, -0.25) is 0 Å². The first-order valence-electron chi connectivity index (χ1n) is 5.86. The molecule has 1 heterocycles. The van der Waals surface area contributed by atoms with Crippen LogP contribution in [0.15, 0.2) is 18.2 Å². The van der Waals surface area contributed by atoms with Crippen molar-refractivity contribution in [3.05, 3.63) is 29.6 Å². The number of benzene rings is 1. The first kappa shape index (κ1) is 14.4. The normalized spacial score (nSPS) is 16.4. The van der Waals surface area contributed by atoms with Gasteiger partial charge in [-0.1, -0.05) is 0 Å². The molecule has 0 unspecified atom stereocenters. The Morgan fingerprint density at radius 2 is 1.75 bits per heavy atom. The van der Waals surface area contributed by atoms with E-state index in [9.17, 15) is 27.5 Å². The summed E-state index contributed by atoms with van der Waals surface area (Å²) in [7, 11) is 0. The van der Waals surface area contributed by atoms with Crippen molar-refractivity contribution < 1.29 is 27.5 Å². The van der Waals surface area contributed by atoms with Crippen molar-refractivity contribution in [1.82, 2.24) is 4.90 Å². The average molecular weight is 291 g/mol. The number of nitrogens with zero attached hydrogens (tertiary/aromatic N) is 2. The summed E-state index contributed by atoms with van der Waals surface area (Å²) < 4.78 is 51.0. The van der Waals surface area contributed by atoms with Gasteiger partial charge in [-0.05, 0) is 18.2 Å². The van der Waals surface area contributed by atoms with Crippen molar-refractivity contribution in [1.29, 1.82) is 0 Å². The largest absolute Gasteiger partial charge is 0.530 e. The Morgan fingerprint density at radius 3 is 2.20 bits per heavy atom. The minimum atomic E-state index is -4.59. The van der Waals surface area contributed by atoms with E-state index in [1.165, 1.54) is 4.90 Å². The third-order valence-corrected chi connectivity index (χ3v) is 3.15. The van der Waals surface area contributed by atoms with Gasteiger partial charge >= 0.3 is 6.18 Å². The van der Waals surface area contributed by atoms with Crippen LogP contribution in [0.4, 0.5) is 28.0 Å². The second kappa shape index (κ2) is 5.18. The first-order chi connectivity index (χ1) is 9.29. The maximum atomic E-state index is 13.7. The Labute approximate surface area is 112 Å². The first-order valence-corrected chi connectivity index (χ1v) is 5.86. The monoisotopic (exact) mass is 291 g/mol. The molecule has 0 radical (unpaired) electrons. The molecule has 1 aliphatic rings. The smallest absolute Gasteiger partial charge is 0.416 e. The summed E-state index contributed by atoms with van der Waals surface area (Å²) in [4.78, 5) is 13.2. The number of piperazine rings is 1. The highest BCUT2D eigenvalue weighted by Gasteiger charge is 2.31. The van der Waals surface area contributed by atoms with E-state index < -0.39 is 23.7 Å². The van der Waals surface area contributed by atoms with Crippen molar-refractivity contribution in [2.45, 2.75) is 6.18 Å². The van der Waals surface area contributed by atoms with E-state index in [4.69, 9.17) is 0 Å². The summed E-state index contributed by atoms with van der Waals surface area (Å²) in [6.45, 7) is 0.665. The Balaban J connectivity index is 2.13. The number of carbonyl (C=O) groups is 1. The fourth-order valence-corrected chi connectivity index (χ4v) is 2.07. The molecule has 8 heteroatoms. The molecular formula is C12H11F4N2O2-. The van der Waals surface area contributed by atoms with Crippen LogP contribution >= 0.6 is 0 Å². The highest BCUT2D eigenvalue weighted by Crippen LogP contribution is 2.32. The van der Waals surface area contributed by atoms with Gasteiger partial charge < -0.3 is 19.7 Å². The number of hydrogen-bond donors (Lipinski definition) is 0. The lowest BCUT2D eigenvalue weighted by Crippen LogP contribution is -2.52. The van der Waals surface area contributed by atoms with E-state index >= 15 is 0 Å². The summed E-state index contributed by atoms with van der Waals surface area (Å²) in [5.74, 6) is -0.971. The van der Waals surface area contributed by atoms with Gasteiger partial charge in [-0.2, -0.15) is 13.2 Å². The molecule has 0 bridgehead atoms. The lowest BCUT2D eigenvalue weighted by molar-refractivity contribution is -0.265. The average Bonchev–Trinajstić information content (AvgIpc) is 2.37. The molecule has 0 aliphatic carbocycles. The van der Waals surface area contributed by atoms with Crippen LogP contribution in [-0.2, 0) is 6.18 Å². The van der Waals surface area contributed by atoms with Crippen molar-refractivity contribution in [3.63, 3.8) is 0 Å². The Morgan fingerprint density at radius 1 is 1.15 bits per heavy atom. The zero-order valence-electron chi connectivity index (χ0n) is 10.3. The van der Waals surface area contributed by atoms with Crippen LogP contribution < -0.4 is 10.0 Å². The van der Waals surface area contributed by atoms with Crippen molar-refractivity contribution in [2.24, 2.45) is 0 Å². The summed E-state index contributed by atoms with van der Waals surface area (Å²) in [5, 5.41) is 10.6. The Kier molecular flexibility index (Phi) is 3.74. The van der Waals surface area contributed by atoms with Gasteiger partial charge in [0.1, 0.15) is 11.9 Å². The van der Waals surface area contributed by atoms with Crippen LogP contribution in [0, 0.1) is 5.82 Å². The van der Waals surface area contributed by atoms with Crippen molar-refractivity contribution >= 4 is 11.8 Å². The van der Waals surface area contributed by atoms with Gasteiger partial charge in [0.05, 0.1) is 11.3 Å². The minimum absolute atomic E-state index is 0.0380. The molecule has 20 heavy (non-hydrogen) atoms. The third kappa shape index (κ3) is 2.94. The van der Waals surface area contributed by atoms with Gasteiger partial charge in [-0.25, -0.2) is 4.39 Å². The number of alkyl halides is 3. The Bertz CT molecular complexity index is 511. The number of carbonyl (C=O) groups excluding carboxylic acids is 1. The van der Waals surface area contributed by atoms with Gasteiger partial charge in [0.15, 0.2) is 0 Å². The second-order valence-electron chi connectivity index (χ2n) is 4.40. The molecular weight excluding hydrogens is 280 g/mol. The van der Waals surface area contributed by atoms with Crippen LogP contribution in [0.2, 0.25) is 0 Å². The van der Waals surface area contributed by atoms with E-state index in [-0.39, 0.29) is 31.9 Å². The van der Waals surface area contributed by atoms with E-state index in [0.29, 0.717) is 6.07 Å². The molecule has 0 spiro atoms. The molecule has 0 atom stereocenters. The summed E-state index contributed by atoms with van der Waals surface area (Å²) in [6.07, 6.45) is -5.90. The molecule has 2 rings (SSSR count). The molecule has 1 aromatic rings. The van der Waals surface area contributed by atoms with E-state index in [1.807, 2.05) is 0 Å². The number of carboxylic acid groups (broad SMARTS) is 1. The lowest BCUT2D eigenvalue weighted by Gasteiger charge is -2.37. The molecule has 0 aromatic heterocycles. The van der Waals surface area contributed by atoms with Crippen LogP contribution in [0.25, 0.3) is 0 Å². The van der Waals surface area contributed by atoms with Gasteiger partial charge in [-0.15, -0.1) is 0 Å². The molecule has 1 aliphatic heterocycles. The molecule has 4 nitrogen and oxygen atoms in total. The van der Waals surface area contributed by atoms with Gasteiger partial charge in [0.25, 0.3) is 0 Å². The van der Waals surface area contributed by atoms with E-state index in [0.717, 1.165) is 17.0 Å². The summed E-state index contributed by atoms with van der Waals surface area (Å²) in [6, 6.07) is 2.32. The molecule has 1 aromatic carbocycles. The van der Waals surface area contributed by atoms with Crippen molar-refractivity contribution in [3.8, 4) is 0 Å². The van der Waals surface area contributed by atoms with E-state index in [1.54, 1.807) is 0 Å². The van der Waals surface area contributed by atoms with E-state index in [2.05, 4.69) is 0 Å². The molecule has 1 fully saturated rings. The fraction of sp³-hybridized carbons (Fsp3) is 0.417. The minimum Gasteiger partial charge on any atom is -0.530 e. The molecule has 0 saturated carbocycles. The number of halogens is 4. The molecule has 110 valence electrons. The quantitative estimate of drug-likeness (QED) is 0.733. The van der Waals surface area contributed by atoms with Gasteiger partial charge in [0.2, 0.25) is 0 Å². The lowest BCUT2D eigenvalue weighted by atomic mass is 10.1. The maximum absolute atomic E-state index is 13.7. The zero-order valence-corrected chi connectivity index (χ0v) is 10.3. The predicted octanol–water partition coefficient (Wildman–Crippen LogP) is 1.31. The molecule has 1 saturated heterocycles. The van der Waals surface area contributed by atoms with Crippen LogP contribution in [0.3, 0.4) is 0 Å². The zero-order chi connectivity index (χ0) is 14.9.